The molecule has 3 atom stereocenters. The van der Waals surface area contributed by atoms with Crippen molar-refractivity contribution in [2.24, 2.45) is 11.3 Å². The predicted octanol–water partition coefficient (Wildman–Crippen LogP) is 5.71. The van der Waals surface area contributed by atoms with Crippen molar-refractivity contribution in [3.63, 3.8) is 0 Å². The SMILES string of the molecule is CC1=C(COCc2ccccc2)CCC23CCCN(C(=O)OCc4ccccc4)C2OC[C@H]13. The molecule has 0 bridgehead atoms. The molecule has 2 fully saturated rings. The molecule has 1 spiro atoms. The minimum Gasteiger partial charge on any atom is -0.444 e. The van der Waals surface area contributed by atoms with Crippen LogP contribution in [0.3, 0.4) is 0 Å². The van der Waals surface area contributed by atoms with Crippen LogP contribution in [0.4, 0.5) is 4.79 Å². The molecule has 3 aliphatic rings. The van der Waals surface area contributed by atoms with Gasteiger partial charge < -0.3 is 14.2 Å². The maximum absolute atomic E-state index is 13.0. The van der Waals surface area contributed by atoms with E-state index < -0.39 is 0 Å². The molecule has 2 aromatic rings. The van der Waals surface area contributed by atoms with E-state index in [2.05, 4.69) is 19.1 Å². The predicted molar refractivity (Wildman–Crippen MR) is 126 cm³/mol. The monoisotopic (exact) mass is 447 g/mol. The third kappa shape index (κ3) is 4.44. The van der Waals surface area contributed by atoms with Crippen molar-refractivity contribution >= 4 is 6.09 Å². The van der Waals surface area contributed by atoms with E-state index in [-0.39, 0.29) is 17.7 Å². The number of carbonyl (C=O) groups excluding carboxylic acids is 1. The molecule has 174 valence electrons. The fourth-order valence-corrected chi connectivity index (χ4v) is 5.93. The number of ether oxygens (including phenoxy) is 3. The van der Waals surface area contributed by atoms with E-state index in [1.807, 2.05) is 53.4 Å². The van der Waals surface area contributed by atoms with Gasteiger partial charge in [-0.1, -0.05) is 66.2 Å². The van der Waals surface area contributed by atoms with Crippen LogP contribution in [0.15, 0.2) is 71.8 Å². The highest BCUT2D eigenvalue weighted by molar-refractivity contribution is 5.68. The largest absolute Gasteiger partial charge is 0.444 e. The molecule has 0 N–H and O–H groups in total. The van der Waals surface area contributed by atoms with Gasteiger partial charge >= 0.3 is 6.09 Å². The smallest absolute Gasteiger partial charge is 0.412 e. The third-order valence-corrected chi connectivity index (χ3v) is 7.73. The minimum absolute atomic E-state index is 0.00295. The highest BCUT2D eigenvalue weighted by Crippen LogP contribution is 2.56. The Morgan fingerprint density at radius 3 is 2.42 bits per heavy atom. The topological polar surface area (TPSA) is 48.0 Å². The second kappa shape index (κ2) is 9.70. The lowest BCUT2D eigenvalue weighted by Gasteiger charge is -2.49. The maximum Gasteiger partial charge on any atom is 0.412 e. The second-order valence-electron chi connectivity index (χ2n) is 9.57. The summed E-state index contributed by atoms with van der Waals surface area (Å²) in [5, 5.41) is 0. The van der Waals surface area contributed by atoms with Crippen molar-refractivity contribution in [1.82, 2.24) is 4.90 Å². The van der Waals surface area contributed by atoms with Crippen LogP contribution >= 0.6 is 0 Å². The molecule has 2 aromatic carbocycles. The fraction of sp³-hybridized carbons (Fsp3) is 0.464. The average Bonchev–Trinajstić information content (AvgIpc) is 3.26. The molecule has 2 unspecified atom stereocenters. The van der Waals surface area contributed by atoms with Crippen LogP contribution in [-0.4, -0.2) is 37.0 Å². The van der Waals surface area contributed by atoms with Crippen LogP contribution in [0.25, 0.3) is 0 Å². The summed E-state index contributed by atoms with van der Waals surface area (Å²) in [6.45, 7) is 5.20. The number of rotatable bonds is 6. The van der Waals surface area contributed by atoms with Crippen molar-refractivity contribution < 1.29 is 19.0 Å². The van der Waals surface area contributed by atoms with Crippen LogP contribution in [0.5, 0.6) is 0 Å². The van der Waals surface area contributed by atoms with Gasteiger partial charge in [-0.25, -0.2) is 4.79 Å². The van der Waals surface area contributed by atoms with Gasteiger partial charge in [-0.3, -0.25) is 4.90 Å². The molecule has 5 nitrogen and oxygen atoms in total. The van der Waals surface area contributed by atoms with E-state index in [0.717, 1.165) is 31.2 Å². The molecule has 2 heterocycles. The lowest BCUT2D eigenvalue weighted by molar-refractivity contribution is -0.0979. The number of piperidine rings is 1. The fourth-order valence-electron chi connectivity index (χ4n) is 5.93. The van der Waals surface area contributed by atoms with E-state index in [1.54, 1.807) is 0 Å². The van der Waals surface area contributed by atoms with Gasteiger partial charge in [0.05, 0.1) is 19.8 Å². The van der Waals surface area contributed by atoms with Gasteiger partial charge in [0.1, 0.15) is 12.8 Å². The van der Waals surface area contributed by atoms with Gasteiger partial charge in [0, 0.05) is 17.9 Å². The average molecular weight is 448 g/mol. The van der Waals surface area contributed by atoms with Crippen LogP contribution in [-0.2, 0) is 27.4 Å². The molecule has 0 saturated carbocycles. The Bertz CT molecular complexity index is 989. The van der Waals surface area contributed by atoms with Gasteiger partial charge in [0.25, 0.3) is 0 Å². The number of hydrogen-bond donors (Lipinski definition) is 0. The number of amides is 1. The van der Waals surface area contributed by atoms with Crippen LogP contribution in [0.2, 0.25) is 0 Å². The second-order valence-corrected chi connectivity index (χ2v) is 9.57. The molecule has 2 saturated heterocycles. The van der Waals surface area contributed by atoms with Crippen molar-refractivity contribution in [2.75, 3.05) is 19.8 Å². The Morgan fingerprint density at radius 1 is 1.00 bits per heavy atom. The van der Waals surface area contributed by atoms with E-state index in [4.69, 9.17) is 14.2 Å². The standard InChI is InChI=1S/C28H33NO4/c1-21-24(19-31-17-22-9-4-2-5-10-22)13-15-28-14-8-16-29(26(28)32-20-25(21)28)27(30)33-18-23-11-6-3-7-12-23/h2-7,9-12,25-26H,8,13-20H2,1H3/t25-,26?,28?/m1/s1. The summed E-state index contributed by atoms with van der Waals surface area (Å²) in [4.78, 5) is 14.8. The summed E-state index contributed by atoms with van der Waals surface area (Å²) in [6, 6.07) is 20.1. The Morgan fingerprint density at radius 2 is 1.70 bits per heavy atom. The summed E-state index contributed by atoms with van der Waals surface area (Å²) in [6.07, 6.45) is 3.67. The molecule has 2 aliphatic heterocycles. The molecule has 1 aliphatic carbocycles. The molecule has 0 radical (unpaired) electrons. The van der Waals surface area contributed by atoms with Gasteiger partial charge in [0.2, 0.25) is 0 Å². The number of benzene rings is 2. The third-order valence-electron chi connectivity index (χ3n) is 7.73. The van der Waals surface area contributed by atoms with Gasteiger partial charge in [-0.2, -0.15) is 0 Å². The number of likely N-dealkylation sites (tertiary alicyclic amines) is 1. The molecular formula is C28H33NO4. The first kappa shape index (κ1) is 22.2. The molecule has 0 aromatic heterocycles. The van der Waals surface area contributed by atoms with Crippen LogP contribution < -0.4 is 0 Å². The Balaban J connectivity index is 1.24. The Labute approximate surface area is 196 Å². The number of hydrogen-bond acceptors (Lipinski definition) is 4. The molecule has 33 heavy (non-hydrogen) atoms. The molecule has 1 amide bonds. The Hall–Kier alpha value is -2.63. The van der Waals surface area contributed by atoms with Crippen molar-refractivity contribution in [3.8, 4) is 0 Å². The van der Waals surface area contributed by atoms with Crippen LogP contribution in [0.1, 0.15) is 43.7 Å². The first-order valence-corrected chi connectivity index (χ1v) is 12.1. The minimum atomic E-state index is -0.262. The summed E-state index contributed by atoms with van der Waals surface area (Å²) >= 11 is 0. The summed E-state index contributed by atoms with van der Waals surface area (Å²) in [5.74, 6) is 0.344. The zero-order valence-electron chi connectivity index (χ0n) is 19.4. The molecule has 5 heteroatoms. The highest BCUT2D eigenvalue weighted by atomic mass is 16.6. The van der Waals surface area contributed by atoms with Crippen LogP contribution in [0, 0.1) is 11.3 Å². The van der Waals surface area contributed by atoms with Crippen molar-refractivity contribution in [3.05, 3.63) is 82.9 Å². The van der Waals surface area contributed by atoms with Gasteiger partial charge in [-0.15, -0.1) is 0 Å². The molecule has 5 rings (SSSR count). The van der Waals surface area contributed by atoms with Gasteiger partial charge in [-0.05, 0) is 49.3 Å². The zero-order chi connectivity index (χ0) is 22.7. The first-order chi connectivity index (χ1) is 16.2. The van der Waals surface area contributed by atoms with E-state index in [9.17, 15) is 4.79 Å². The Kier molecular flexibility index (Phi) is 6.52. The lowest BCUT2D eigenvalue weighted by atomic mass is 9.61. The normalized spacial score (nSPS) is 26.6. The van der Waals surface area contributed by atoms with Gasteiger partial charge in [0.15, 0.2) is 0 Å². The summed E-state index contributed by atoms with van der Waals surface area (Å²) in [7, 11) is 0. The summed E-state index contributed by atoms with van der Waals surface area (Å²) in [5.41, 5.74) is 4.99. The summed E-state index contributed by atoms with van der Waals surface area (Å²) < 4.78 is 18.1. The van der Waals surface area contributed by atoms with Crippen molar-refractivity contribution in [1.29, 1.82) is 0 Å². The van der Waals surface area contributed by atoms with E-state index in [0.29, 0.717) is 38.9 Å². The first-order valence-electron chi connectivity index (χ1n) is 12.1. The highest BCUT2D eigenvalue weighted by Gasteiger charge is 2.58. The zero-order valence-corrected chi connectivity index (χ0v) is 19.4. The maximum atomic E-state index is 13.0. The quantitative estimate of drug-likeness (QED) is 0.533. The van der Waals surface area contributed by atoms with Crippen molar-refractivity contribution in [2.45, 2.75) is 52.0 Å². The lowest BCUT2D eigenvalue weighted by Crippen LogP contribution is -2.55. The molecular weight excluding hydrogens is 414 g/mol. The van der Waals surface area contributed by atoms with E-state index in [1.165, 1.54) is 16.7 Å². The number of nitrogens with zero attached hydrogens (tertiary/aromatic N) is 1. The number of carbonyl (C=O) groups is 1. The van der Waals surface area contributed by atoms with E-state index >= 15 is 0 Å².